The van der Waals surface area contributed by atoms with E-state index in [0.29, 0.717) is 6.54 Å². The van der Waals surface area contributed by atoms with Crippen LogP contribution in [0.2, 0.25) is 0 Å². The van der Waals surface area contributed by atoms with Gasteiger partial charge < -0.3 is 14.7 Å². The molecule has 0 aromatic carbocycles. The van der Waals surface area contributed by atoms with Crippen molar-refractivity contribution in [3.05, 3.63) is 12.2 Å². The summed E-state index contributed by atoms with van der Waals surface area (Å²) in [5.74, 6) is 0. The highest BCUT2D eigenvalue weighted by molar-refractivity contribution is 5.68. The number of nitrogens with zero attached hydrogens (tertiary/aromatic N) is 1. The van der Waals surface area contributed by atoms with Crippen molar-refractivity contribution in [3.63, 3.8) is 0 Å². The first-order valence-corrected chi connectivity index (χ1v) is 5.42. The number of aliphatic hydroxyl groups excluding tert-OH is 1. The molecule has 0 radical (unpaired) electrons. The van der Waals surface area contributed by atoms with E-state index in [2.05, 4.69) is 6.58 Å². The van der Waals surface area contributed by atoms with Gasteiger partial charge in [-0.3, -0.25) is 0 Å². The third kappa shape index (κ3) is 7.29. The Balaban J connectivity index is 4.49. The first-order chi connectivity index (χ1) is 7.11. The van der Waals surface area contributed by atoms with Crippen LogP contribution >= 0.6 is 0 Å². The minimum atomic E-state index is -0.577. The van der Waals surface area contributed by atoms with Crippen molar-refractivity contribution >= 4 is 6.09 Å². The monoisotopic (exact) mass is 229 g/mol. The molecule has 0 aromatic rings. The Kier molecular flexibility index (Phi) is 5.51. The van der Waals surface area contributed by atoms with E-state index in [1.807, 2.05) is 27.7 Å². The predicted molar refractivity (Wildman–Crippen MR) is 64.3 cm³/mol. The summed E-state index contributed by atoms with van der Waals surface area (Å²) in [6.07, 6.45) is -0.997. The van der Waals surface area contributed by atoms with Gasteiger partial charge in [-0.25, -0.2) is 4.79 Å². The minimum Gasteiger partial charge on any atom is -0.444 e. The van der Waals surface area contributed by atoms with Gasteiger partial charge in [-0.05, 0) is 34.6 Å². The van der Waals surface area contributed by atoms with Crippen LogP contribution in [-0.4, -0.2) is 40.9 Å². The number of hydrogen-bond donors (Lipinski definition) is 1. The maximum atomic E-state index is 11.8. The third-order valence-corrected chi connectivity index (χ3v) is 1.60. The maximum absolute atomic E-state index is 11.8. The summed E-state index contributed by atoms with van der Waals surface area (Å²) in [4.78, 5) is 13.2. The van der Waals surface area contributed by atoms with E-state index in [9.17, 15) is 9.90 Å². The average molecular weight is 229 g/mol. The fourth-order valence-corrected chi connectivity index (χ4v) is 1.17. The molecule has 0 heterocycles. The SMILES string of the molecule is C=C(C)CN(C[C@H](C)O)C(=O)OC(C)(C)C. The molecule has 1 N–H and O–H groups in total. The molecule has 0 aliphatic heterocycles. The van der Waals surface area contributed by atoms with Gasteiger partial charge in [-0.2, -0.15) is 0 Å². The highest BCUT2D eigenvalue weighted by atomic mass is 16.6. The van der Waals surface area contributed by atoms with Crippen LogP contribution in [0.25, 0.3) is 0 Å². The lowest BCUT2D eigenvalue weighted by molar-refractivity contribution is 0.0183. The number of ether oxygens (including phenoxy) is 1. The van der Waals surface area contributed by atoms with E-state index in [1.54, 1.807) is 6.92 Å². The Bertz CT molecular complexity index is 253. The van der Waals surface area contributed by atoms with Crippen molar-refractivity contribution in [1.82, 2.24) is 4.90 Å². The fourth-order valence-electron chi connectivity index (χ4n) is 1.17. The molecule has 0 bridgehead atoms. The van der Waals surface area contributed by atoms with E-state index in [0.717, 1.165) is 5.57 Å². The zero-order valence-corrected chi connectivity index (χ0v) is 10.9. The molecule has 1 amide bonds. The molecular weight excluding hydrogens is 206 g/mol. The van der Waals surface area contributed by atoms with Crippen LogP contribution in [0.4, 0.5) is 4.79 Å². The molecule has 4 nitrogen and oxygen atoms in total. The molecule has 0 saturated carbocycles. The van der Waals surface area contributed by atoms with Crippen LogP contribution in [0.5, 0.6) is 0 Å². The van der Waals surface area contributed by atoms with Crippen molar-refractivity contribution in [2.75, 3.05) is 13.1 Å². The predicted octanol–water partition coefficient (Wildman–Crippen LogP) is 2.18. The van der Waals surface area contributed by atoms with Crippen molar-refractivity contribution in [3.8, 4) is 0 Å². The van der Waals surface area contributed by atoms with Gasteiger partial charge in [-0.1, -0.05) is 12.2 Å². The molecule has 0 unspecified atom stereocenters. The smallest absolute Gasteiger partial charge is 0.410 e. The molecule has 94 valence electrons. The Morgan fingerprint density at radius 2 is 2.00 bits per heavy atom. The van der Waals surface area contributed by atoms with Crippen LogP contribution in [0.15, 0.2) is 12.2 Å². The van der Waals surface area contributed by atoms with Crippen LogP contribution in [-0.2, 0) is 4.74 Å². The van der Waals surface area contributed by atoms with Gasteiger partial charge in [0.2, 0.25) is 0 Å². The highest BCUT2D eigenvalue weighted by Gasteiger charge is 2.22. The second kappa shape index (κ2) is 5.89. The van der Waals surface area contributed by atoms with Crippen LogP contribution in [0, 0.1) is 0 Å². The second-order valence-corrected chi connectivity index (χ2v) is 5.17. The lowest BCUT2D eigenvalue weighted by atomic mass is 10.2. The largest absolute Gasteiger partial charge is 0.444 e. The first-order valence-electron chi connectivity index (χ1n) is 5.42. The Hall–Kier alpha value is -1.03. The second-order valence-electron chi connectivity index (χ2n) is 5.17. The van der Waals surface area contributed by atoms with Gasteiger partial charge >= 0.3 is 6.09 Å². The molecule has 1 atom stereocenters. The van der Waals surface area contributed by atoms with Crippen molar-refractivity contribution in [1.29, 1.82) is 0 Å². The van der Waals surface area contributed by atoms with E-state index < -0.39 is 17.8 Å². The molecular formula is C12H23NO3. The lowest BCUT2D eigenvalue weighted by Gasteiger charge is -2.28. The van der Waals surface area contributed by atoms with E-state index in [-0.39, 0.29) is 6.54 Å². The molecule has 0 aliphatic carbocycles. The van der Waals surface area contributed by atoms with Gasteiger partial charge in [0.25, 0.3) is 0 Å². The standard InChI is InChI=1S/C12H23NO3/c1-9(2)7-13(8-10(3)14)11(15)16-12(4,5)6/h10,14H,1,7-8H2,2-6H3/t10-/m0/s1. The van der Waals surface area contributed by atoms with Crippen LogP contribution < -0.4 is 0 Å². The summed E-state index contributed by atoms with van der Waals surface area (Å²) in [5, 5.41) is 9.30. The van der Waals surface area contributed by atoms with Gasteiger partial charge in [0.05, 0.1) is 6.10 Å². The maximum Gasteiger partial charge on any atom is 0.410 e. The van der Waals surface area contributed by atoms with Crippen LogP contribution in [0.3, 0.4) is 0 Å². The van der Waals surface area contributed by atoms with Crippen molar-refractivity contribution in [2.24, 2.45) is 0 Å². The molecule has 0 aromatic heterocycles. The molecule has 16 heavy (non-hydrogen) atoms. The molecule has 4 heteroatoms. The van der Waals surface area contributed by atoms with Gasteiger partial charge in [0, 0.05) is 13.1 Å². The first kappa shape index (κ1) is 15.0. The number of carbonyl (C=O) groups is 1. The minimum absolute atomic E-state index is 0.252. The quantitative estimate of drug-likeness (QED) is 0.752. The number of amides is 1. The summed E-state index contributed by atoms with van der Waals surface area (Å²) in [5.41, 5.74) is 0.329. The fraction of sp³-hybridized carbons (Fsp3) is 0.750. The lowest BCUT2D eigenvalue weighted by Crippen LogP contribution is -2.41. The summed E-state index contributed by atoms with van der Waals surface area (Å²) in [7, 11) is 0. The third-order valence-electron chi connectivity index (χ3n) is 1.60. The van der Waals surface area contributed by atoms with Gasteiger partial charge in [-0.15, -0.1) is 0 Å². The highest BCUT2D eigenvalue weighted by Crippen LogP contribution is 2.11. The molecule has 0 aliphatic rings. The van der Waals surface area contributed by atoms with E-state index >= 15 is 0 Å². The average Bonchev–Trinajstić information content (AvgIpc) is 1.97. The van der Waals surface area contributed by atoms with E-state index in [1.165, 1.54) is 4.90 Å². The van der Waals surface area contributed by atoms with Gasteiger partial charge in [0.1, 0.15) is 5.60 Å². The molecule has 0 rings (SSSR count). The molecule has 0 fully saturated rings. The summed E-state index contributed by atoms with van der Waals surface area (Å²) < 4.78 is 5.24. The van der Waals surface area contributed by atoms with E-state index in [4.69, 9.17) is 4.74 Å². The summed E-state index contributed by atoms with van der Waals surface area (Å²) >= 11 is 0. The topological polar surface area (TPSA) is 49.8 Å². The van der Waals surface area contributed by atoms with Crippen molar-refractivity contribution < 1.29 is 14.6 Å². The zero-order chi connectivity index (χ0) is 12.9. The summed E-state index contributed by atoms with van der Waals surface area (Å²) in [6.45, 7) is 13.3. The normalized spacial score (nSPS) is 13.1. The zero-order valence-electron chi connectivity index (χ0n) is 10.9. The number of rotatable bonds is 4. The Morgan fingerprint density at radius 1 is 1.50 bits per heavy atom. The number of aliphatic hydroxyl groups is 1. The number of carbonyl (C=O) groups excluding carboxylic acids is 1. The van der Waals surface area contributed by atoms with Crippen LogP contribution in [0.1, 0.15) is 34.6 Å². The Morgan fingerprint density at radius 3 is 2.31 bits per heavy atom. The molecule has 0 spiro atoms. The van der Waals surface area contributed by atoms with Crippen molar-refractivity contribution in [2.45, 2.75) is 46.3 Å². The number of hydrogen-bond acceptors (Lipinski definition) is 3. The summed E-state index contributed by atoms with van der Waals surface area (Å²) in [6, 6.07) is 0. The Labute approximate surface area is 97.9 Å². The van der Waals surface area contributed by atoms with Gasteiger partial charge in [0.15, 0.2) is 0 Å². The molecule has 0 saturated heterocycles.